The van der Waals surface area contributed by atoms with Crippen molar-refractivity contribution in [3.8, 4) is 0 Å². The van der Waals surface area contributed by atoms with E-state index in [9.17, 15) is 4.79 Å². The van der Waals surface area contributed by atoms with Gasteiger partial charge in [-0.1, -0.05) is 27.5 Å². The lowest BCUT2D eigenvalue weighted by Crippen LogP contribution is -2.13. The number of hydrogen-bond donors (Lipinski definition) is 1. The topological polar surface area (TPSA) is 42.0 Å². The van der Waals surface area contributed by atoms with Crippen LogP contribution in [0.25, 0.3) is 0 Å². The van der Waals surface area contributed by atoms with E-state index >= 15 is 0 Å². The summed E-state index contributed by atoms with van der Waals surface area (Å²) in [5.74, 6) is -0.270. The predicted octanol–water partition coefficient (Wildman–Crippen LogP) is 4.35. The molecule has 2 rings (SSSR count). The molecule has 0 saturated carbocycles. The molecule has 0 spiro atoms. The van der Waals surface area contributed by atoms with Gasteiger partial charge in [0.2, 0.25) is 0 Å². The van der Waals surface area contributed by atoms with Crippen molar-refractivity contribution < 1.29 is 4.79 Å². The third-order valence-electron chi connectivity index (χ3n) is 2.18. The highest BCUT2D eigenvalue weighted by atomic mass is 127. The molecule has 1 heterocycles. The SMILES string of the molecule is O=C(Nc1ccc(Br)cc1I)c1cccnc1Cl. The second-order valence-electron chi connectivity index (χ2n) is 3.42. The molecule has 1 amide bonds. The number of anilines is 1. The standard InChI is InChI=1S/C12H7BrClIN2O/c13-7-3-4-10(9(15)6-7)17-12(18)8-2-1-5-16-11(8)14/h1-6H,(H,17,18). The summed E-state index contributed by atoms with van der Waals surface area (Å²) in [7, 11) is 0. The van der Waals surface area contributed by atoms with Crippen molar-refractivity contribution in [3.63, 3.8) is 0 Å². The quantitative estimate of drug-likeness (QED) is 0.561. The minimum atomic E-state index is -0.270. The molecule has 0 aliphatic heterocycles. The molecule has 1 aromatic carbocycles. The van der Waals surface area contributed by atoms with Gasteiger partial charge in [-0.05, 0) is 52.9 Å². The van der Waals surface area contributed by atoms with E-state index in [2.05, 4.69) is 48.8 Å². The maximum absolute atomic E-state index is 12.0. The summed E-state index contributed by atoms with van der Waals surface area (Å²) in [6.07, 6.45) is 1.54. The Morgan fingerprint density at radius 2 is 2.17 bits per heavy atom. The van der Waals surface area contributed by atoms with Gasteiger partial charge in [0.05, 0.1) is 11.3 Å². The molecule has 0 bridgehead atoms. The number of nitrogens with one attached hydrogen (secondary N) is 1. The van der Waals surface area contributed by atoms with Crippen molar-refractivity contribution in [2.75, 3.05) is 5.32 Å². The van der Waals surface area contributed by atoms with Crippen molar-refractivity contribution in [2.24, 2.45) is 0 Å². The lowest BCUT2D eigenvalue weighted by molar-refractivity contribution is 0.102. The summed E-state index contributed by atoms with van der Waals surface area (Å²) in [5.41, 5.74) is 1.10. The van der Waals surface area contributed by atoms with Gasteiger partial charge in [-0.3, -0.25) is 4.79 Å². The summed E-state index contributed by atoms with van der Waals surface area (Å²) in [4.78, 5) is 15.9. The van der Waals surface area contributed by atoms with Crippen LogP contribution >= 0.6 is 50.1 Å². The highest BCUT2D eigenvalue weighted by Gasteiger charge is 2.12. The number of benzene rings is 1. The molecule has 2 aromatic rings. The van der Waals surface area contributed by atoms with E-state index in [4.69, 9.17) is 11.6 Å². The summed E-state index contributed by atoms with van der Waals surface area (Å²) in [6, 6.07) is 8.92. The van der Waals surface area contributed by atoms with E-state index in [0.29, 0.717) is 5.56 Å². The fraction of sp³-hybridized carbons (Fsp3) is 0. The molecular formula is C12H7BrClIN2O. The first kappa shape index (κ1) is 13.8. The van der Waals surface area contributed by atoms with Crippen LogP contribution in [0.1, 0.15) is 10.4 Å². The van der Waals surface area contributed by atoms with Gasteiger partial charge in [0, 0.05) is 14.2 Å². The average Bonchev–Trinajstić information content (AvgIpc) is 2.33. The second-order valence-corrected chi connectivity index (χ2v) is 5.86. The van der Waals surface area contributed by atoms with Crippen LogP contribution in [-0.4, -0.2) is 10.9 Å². The lowest BCUT2D eigenvalue weighted by atomic mass is 10.2. The summed E-state index contributed by atoms with van der Waals surface area (Å²) in [6.45, 7) is 0. The predicted molar refractivity (Wildman–Crippen MR) is 84.1 cm³/mol. The molecule has 0 atom stereocenters. The fourth-order valence-electron chi connectivity index (χ4n) is 1.34. The number of carbonyl (C=O) groups is 1. The molecule has 92 valence electrons. The molecule has 6 heteroatoms. The molecule has 0 saturated heterocycles. The van der Waals surface area contributed by atoms with Crippen molar-refractivity contribution in [1.82, 2.24) is 4.98 Å². The van der Waals surface area contributed by atoms with Crippen LogP contribution < -0.4 is 5.32 Å². The Morgan fingerprint density at radius 3 is 2.83 bits per heavy atom. The molecule has 3 nitrogen and oxygen atoms in total. The van der Waals surface area contributed by atoms with Crippen molar-refractivity contribution in [3.05, 3.63) is 55.3 Å². The molecule has 0 aliphatic carbocycles. The minimum absolute atomic E-state index is 0.196. The Balaban J connectivity index is 2.24. The molecule has 18 heavy (non-hydrogen) atoms. The van der Waals surface area contributed by atoms with Gasteiger partial charge in [-0.2, -0.15) is 0 Å². The zero-order chi connectivity index (χ0) is 13.1. The number of aromatic nitrogens is 1. The van der Waals surface area contributed by atoms with E-state index in [-0.39, 0.29) is 11.1 Å². The minimum Gasteiger partial charge on any atom is -0.321 e. The van der Waals surface area contributed by atoms with Crippen molar-refractivity contribution in [2.45, 2.75) is 0 Å². The van der Waals surface area contributed by atoms with Crippen molar-refractivity contribution in [1.29, 1.82) is 0 Å². The number of nitrogens with zero attached hydrogens (tertiary/aromatic N) is 1. The van der Waals surface area contributed by atoms with Gasteiger partial charge in [0.15, 0.2) is 0 Å². The Hall–Kier alpha value is -0.660. The van der Waals surface area contributed by atoms with E-state index in [1.807, 2.05) is 18.2 Å². The summed E-state index contributed by atoms with van der Waals surface area (Å²) < 4.78 is 1.90. The van der Waals surface area contributed by atoms with E-state index < -0.39 is 0 Å². The van der Waals surface area contributed by atoms with Gasteiger partial charge in [-0.25, -0.2) is 4.98 Å². The first-order valence-electron chi connectivity index (χ1n) is 4.95. The Morgan fingerprint density at radius 1 is 1.39 bits per heavy atom. The lowest BCUT2D eigenvalue weighted by Gasteiger charge is -2.08. The first-order valence-corrected chi connectivity index (χ1v) is 7.20. The normalized spacial score (nSPS) is 10.2. The zero-order valence-electron chi connectivity index (χ0n) is 8.95. The average molecular weight is 437 g/mol. The highest BCUT2D eigenvalue weighted by molar-refractivity contribution is 14.1. The van der Waals surface area contributed by atoms with Crippen LogP contribution in [0.5, 0.6) is 0 Å². The summed E-state index contributed by atoms with van der Waals surface area (Å²) >= 11 is 11.4. The van der Waals surface area contributed by atoms with Crippen LogP contribution in [0.2, 0.25) is 5.15 Å². The zero-order valence-corrected chi connectivity index (χ0v) is 13.5. The van der Waals surface area contributed by atoms with E-state index in [1.54, 1.807) is 18.3 Å². The summed E-state index contributed by atoms with van der Waals surface area (Å²) in [5, 5.41) is 3.00. The van der Waals surface area contributed by atoms with Crippen LogP contribution in [0.15, 0.2) is 41.0 Å². The highest BCUT2D eigenvalue weighted by Crippen LogP contribution is 2.23. The number of pyridine rings is 1. The van der Waals surface area contributed by atoms with Gasteiger partial charge in [0.25, 0.3) is 5.91 Å². The maximum atomic E-state index is 12.0. The number of carbonyl (C=O) groups excluding carboxylic acids is 1. The van der Waals surface area contributed by atoms with E-state index in [0.717, 1.165) is 13.7 Å². The second kappa shape index (κ2) is 5.99. The van der Waals surface area contributed by atoms with Crippen LogP contribution in [0.4, 0.5) is 5.69 Å². The molecule has 0 unspecified atom stereocenters. The maximum Gasteiger partial charge on any atom is 0.258 e. The smallest absolute Gasteiger partial charge is 0.258 e. The van der Waals surface area contributed by atoms with Crippen molar-refractivity contribution >= 4 is 61.7 Å². The van der Waals surface area contributed by atoms with Gasteiger partial charge in [0.1, 0.15) is 5.15 Å². The molecular weight excluding hydrogens is 430 g/mol. The van der Waals surface area contributed by atoms with Gasteiger partial charge < -0.3 is 5.32 Å². The van der Waals surface area contributed by atoms with Crippen LogP contribution in [0, 0.1) is 3.57 Å². The Kier molecular flexibility index (Phi) is 4.58. The largest absolute Gasteiger partial charge is 0.321 e. The van der Waals surface area contributed by atoms with Crippen LogP contribution in [-0.2, 0) is 0 Å². The third kappa shape index (κ3) is 3.21. The fourth-order valence-corrected chi connectivity index (χ4v) is 2.98. The number of rotatable bonds is 2. The molecule has 0 aliphatic rings. The third-order valence-corrected chi connectivity index (χ3v) is 3.87. The number of halogens is 3. The number of amides is 1. The molecule has 1 aromatic heterocycles. The Bertz CT molecular complexity index is 606. The molecule has 0 fully saturated rings. The van der Waals surface area contributed by atoms with Crippen LogP contribution in [0.3, 0.4) is 0 Å². The van der Waals surface area contributed by atoms with E-state index in [1.165, 1.54) is 0 Å². The first-order chi connectivity index (χ1) is 8.58. The monoisotopic (exact) mass is 436 g/mol. The number of hydrogen-bond acceptors (Lipinski definition) is 2. The molecule has 0 radical (unpaired) electrons. The molecule has 1 N–H and O–H groups in total. The van der Waals surface area contributed by atoms with Gasteiger partial charge >= 0.3 is 0 Å². The Labute approximate surface area is 131 Å². The van der Waals surface area contributed by atoms with Gasteiger partial charge in [-0.15, -0.1) is 0 Å².